The van der Waals surface area contributed by atoms with E-state index in [0.717, 1.165) is 13.1 Å². The van der Waals surface area contributed by atoms with E-state index in [2.05, 4.69) is 149 Å². The molecule has 54 heavy (non-hydrogen) atoms. The Balaban J connectivity index is 0.000000210. The smallest absolute Gasteiger partial charge is 0.0216 e. The van der Waals surface area contributed by atoms with Crippen molar-refractivity contribution in [2.75, 3.05) is 41.3 Å². The van der Waals surface area contributed by atoms with E-state index >= 15 is 0 Å². The molecule has 6 rings (SSSR count). The average molecular weight is 727 g/mol. The molecule has 0 fully saturated rings. The maximum absolute atomic E-state index is 2.43. The lowest BCUT2D eigenvalue weighted by atomic mass is 9.70. The number of fused-ring (bicyclic) bond motifs is 6. The van der Waals surface area contributed by atoms with E-state index in [1.165, 1.54) is 138 Å². The average Bonchev–Trinajstić information content (AvgIpc) is 3.62. The quantitative estimate of drug-likeness (QED) is 0.0744. The molecule has 0 unspecified atom stereocenters. The Kier molecular flexibility index (Phi) is 16.5. The molecule has 0 saturated heterocycles. The number of benzene rings is 4. The zero-order valence-electron chi connectivity index (χ0n) is 35.3. The van der Waals surface area contributed by atoms with Crippen molar-refractivity contribution in [1.82, 2.24) is 9.80 Å². The summed E-state index contributed by atoms with van der Waals surface area (Å²) in [6, 6.07) is 36.8. The van der Waals surface area contributed by atoms with E-state index in [1.807, 2.05) is 0 Å². The Morgan fingerprint density at radius 2 is 0.593 bits per heavy atom. The summed E-state index contributed by atoms with van der Waals surface area (Å²) < 4.78 is 0. The van der Waals surface area contributed by atoms with Gasteiger partial charge in [-0.25, -0.2) is 0 Å². The monoisotopic (exact) mass is 727 g/mol. The molecule has 292 valence electrons. The van der Waals surface area contributed by atoms with E-state index in [9.17, 15) is 0 Å². The Morgan fingerprint density at radius 1 is 0.333 bits per heavy atom. The standard InChI is InChI=1S/C29H42.C23H32N2/c1-3-5-7-9-11-17-23-29(24-18-12-10-8-6-4-2)27-21-15-13-19-25(27)26-20-14-16-22-28(26)29;1-24(2)17-9-15-23(16-10-18-25(3)4)21-13-7-5-11-19(21)20-12-6-8-14-22(20)23/h13-16,19-22H,3-12,17-18,23-24H2,1-2H3;5-8,11-14H,9-10,15-18H2,1-4H3. The lowest BCUT2D eigenvalue weighted by molar-refractivity contribution is 0.328. The van der Waals surface area contributed by atoms with E-state index in [4.69, 9.17) is 0 Å². The van der Waals surface area contributed by atoms with E-state index in [1.54, 1.807) is 22.3 Å². The summed E-state index contributed by atoms with van der Waals surface area (Å²) in [5, 5.41) is 0. The van der Waals surface area contributed by atoms with Gasteiger partial charge >= 0.3 is 0 Å². The van der Waals surface area contributed by atoms with Gasteiger partial charge in [-0.15, -0.1) is 0 Å². The fraction of sp³-hybridized carbons (Fsp3) is 0.538. The lowest BCUT2D eigenvalue weighted by Crippen LogP contribution is -2.28. The van der Waals surface area contributed by atoms with Crippen LogP contribution in [-0.2, 0) is 10.8 Å². The molecule has 0 heterocycles. The fourth-order valence-corrected chi connectivity index (χ4v) is 9.97. The molecule has 0 bridgehead atoms. The first-order valence-electron chi connectivity index (χ1n) is 22.1. The molecule has 0 saturated carbocycles. The lowest BCUT2D eigenvalue weighted by Gasteiger charge is -2.33. The van der Waals surface area contributed by atoms with Gasteiger partial charge in [-0.05, 0) is 124 Å². The summed E-state index contributed by atoms with van der Waals surface area (Å²) >= 11 is 0. The van der Waals surface area contributed by atoms with Gasteiger partial charge in [-0.2, -0.15) is 0 Å². The summed E-state index contributed by atoms with van der Waals surface area (Å²) in [7, 11) is 8.70. The normalized spacial score (nSPS) is 14.4. The first-order chi connectivity index (χ1) is 26.4. The first kappa shape index (κ1) is 42.0. The van der Waals surface area contributed by atoms with Crippen LogP contribution in [0.5, 0.6) is 0 Å². The fourth-order valence-electron chi connectivity index (χ4n) is 9.97. The molecule has 0 atom stereocenters. The zero-order valence-corrected chi connectivity index (χ0v) is 35.3. The summed E-state index contributed by atoms with van der Waals surface area (Å²) in [4.78, 5) is 4.61. The minimum Gasteiger partial charge on any atom is -0.309 e. The Bertz CT molecular complexity index is 1560. The molecule has 2 aliphatic carbocycles. The Hall–Kier alpha value is -3.20. The van der Waals surface area contributed by atoms with E-state index in [-0.39, 0.29) is 10.8 Å². The van der Waals surface area contributed by atoms with Crippen LogP contribution in [0, 0.1) is 0 Å². The maximum atomic E-state index is 2.43. The van der Waals surface area contributed by atoms with E-state index < -0.39 is 0 Å². The van der Waals surface area contributed by atoms with Crippen LogP contribution in [-0.4, -0.2) is 51.1 Å². The highest BCUT2D eigenvalue weighted by Gasteiger charge is 2.43. The van der Waals surface area contributed by atoms with Crippen LogP contribution in [0.2, 0.25) is 0 Å². The summed E-state index contributed by atoms with van der Waals surface area (Å²) in [6.45, 7) is 6.92. The van der Waals surface area contributed by atoms with Crippen molar-refractivity contribution in [2.45, 2.75) is 140 Å². The van der Waals surface area contributed by atoms with Crippen molar-refractivity contribution >= 4 is 0 Å². The van der Waals surface area contributed by atoms with Gasteiger partial charge < -0.3 is 9.80 Å². The van der Waals surface area contributed by atoms with Crippen LogP contribution in [0.15, 0.2) is 97.1 Å². The van der Waals surface area contributed by atoms with Gasteiger partial charge in [0, 0.05) is 10.8 Å². The van der Waals surface area contributed by atoms with E-state index in [0.29, 0.717) is 0 Å². The molecule has 4 aromatic rings. The molecule has 0 N–H and O–H groups in total. The van der Waals surface area contributed by atoms with Gasteiger partial charge in [0.25, 0.3) is 0 Å². The number of unbranched alkanes of at least 4 members (excludes halogenated alkanes) is 10. The number of nitrogens with zero attached hydrogens (tertiary/aromatic N) is 2. The molecule has 2 heteroatoms. The Labute approximate surface area is 331 Å². The first-order valence-corrected chi connectivity index (χ1v) is 22.1. The summed E-state index contributed by atoms with van der Waals surface area (Å²) in [5.74, 6) is 0. The third-order valence-corrected chi connectivity index (χ3v) is 12.7. The van der Waals surface area contributed by atoms with Crippen LogP contribution < -0.4 is 0 Å². The highest BCUT2D eigenvalue weighted by molar-refractivity contribution is 5.82. The molecular weight excluding hydrogens is 653 g/mol. The number of hydrogen-bond donors (Lipinski definition) is 0. The second-order valence-corrected chi connectivity index (χ2v) is 17.2. The predicted molar refractivity (Wildman–Crippen MR) is 237 cm³/mol. The molecule has 2 aliphatic rings. The number of rotatable bonds is 22. The molecule has 2 nitrogen and oxygen atoms in total. The molecular formula is C52H74N2. The minimum atomic E-state index is 0.180. The summed E-state index contributed by atoms with van der Waals surface area (Å²) in [6.07, 6.45) is 24.2. The van der Waals surface area contributed by atoms with Crippen molar-refractivity contribution in [3.05, 3.63) is 119 Å². The molecule has 0 amide bonds. The summed E-state index contributed by atoms with van der Waals surface area (Å²) in [5.41, 5.74) is 12.7. The highest BCUT2D eigenvalue weighted by atomic mass is 15.1. The minimum absolute atomic E-state index is 0.180. The second-order valence-electron chi connectivity index (χ2n) is 17.2. The van der Waals surface area contributed by atoms with Gasteiger partial charge in [-0.3, -0.25) is 0 Å². The van der Waals surface area contributed by atoms with Gasteiger partial charge in [0.1, 0.15) is 0 Å². The van der Waals surface area contributed by atoms with Crippen LogP contribution in [0.1, 0.15) is 152 Å². The van der Waals surface area contributed by atoms with Crippen molar-refractivity contribution in [2.24, 2.45) is 0 Å². The second kappa shape index (κ2) is 21.2. The predicted octanol–water partition coefficient (Wildman–Crippen LogP) is 14.1. The van der Waals surface area contributed by atoms with Gasteiger partial charge in [0.2, 0.25) is 0 Å². The molecule has 0 radical (unpaired) electrons. The topological polar surface area (TPSA) is 6.48 Å². The van der Waals surface area contributed by atoms with Crippen molar-refractivity contribution in [3.8, 4) is 22.3 Å². The van der Waals surface area contributed by atoms with Gasteiger partial charge in [0.05, 0.1) is 0 Å². The third-order valence-electron chi connectivity index (χ3n) is 12.7. The molecule has 0 aliphatic heterocycles. The van der Waals surface area contributed by atoms with Gasteiger partial charge in [-0.1, -0.05) is 188 Å². The molecule has 0 spiro atoms. The van der Waals surface area contributed by atoms with Crippen molar-refractivity contribution in [1.29, 1.82) is 0 Å². The molecule has 0 aromatic heterocycles. The van der Waals surface area contributed by atoms with Gasteiger partial charge in [0.15, 0.2) is 0 Å². The number of hydrogen-bond acceptors (Lipinski definition) is 2. The van der Waals surface area contributed by atoms with Crippen LogP contribution >= 0.6 is 0 Å². The van der Waals surface area contributed by atoms with Crippen LogP contribution in [0.25, 0.3) is 22.3 Å². The Morgan fingerprint density at radius 3 is 0.889 bits per heavy atom. The largest absolute Gasteiger partial charge is 0.309 e. The van der Waals surface area contributed by atoms with Crippen molar-refractivity contribution < 1.29 is 0 Å². The maximum Gasteiger partial charge on any atom is 0.0216 e. The third kappa shape index (κ3) is 10.2. The van der Waals surface area contributed by atoms with Crippen LogP contribution in [0.3, 0.4) is 0 Å². The zero-order chi connectivity index (χ0) is 38.2. The SMILES string of the molecule is CCCCCCCCC1(CCCCCCCC)c2ccccc2-c2ccccc21.CN(C)CCCC1(CCCN(C)C)c2ccccc2-c2ccccc21. The highest BCUT2D eigenvalue weighted by Crippen LogP contribution is 2.55. The molecule has 4 aromatic carbocycles. The van der Waals surface area contributed by atoms with Crippen LogP contribution in [0.4, 0.5) is 0 Å². The van der Waals surface area contributed by atoms with Crippen molar-refractivity contribution in [3.63, 3.8) is 0 Å².